The maximum absolute atomic E-state index is 13.5. The molecule has 0 bridgehead atoms. The number of ether oxygens (including phenoxy) is 1. The van der Waals surface area contributed by atoms with Gasteiger partial charge in [-0.1, -0.05) is 32.3 Å². The standard InChI is InChI=1S/C28H39N7O2/c1-2-20-10-11-25-21(17-20)18-24(28(36)29-25)26(27-30-31-32-35(27)19-23-9-6-16-37-23)34-14-12-33(13-15-34)22-7-4-3-5-8-22/h10-11,17-18,22-23,26H,2-9,12-16,19H2,1H3,(H,29,36)/t23-,26+/m1/s1. The molecule has 0 radical (unpaired) electrons. The molecule has 9 nitrogen and oxygen atoms in total. The van der Waals surface area contributed by atoms with Crippen LogP contribution < -0.4 is 5.56 Å². The molecule has 0 spiro atoms. The van der Waals surface area contributed by atoms with Gasteiger partial charge in [-0.05, 0) is 71.7 Å². The summed E-state index contributed by atoms with van der Waals surface area (Å²) in [5, 5.41) is 14.0. The molecule has 1 saturated carbocycles. The smallest absolute Gasteiger partial charge is 0.253 e. The van der Waals surface area contributed by atoms with E-state index in [1.807, 2.05) is 10.7 Å². The number of H-pyrrole nitrogens is 1. The molecule has 3 aromatic rings. The molecular formula is C28H39N7O2. The fourth-order valence-electron chi connectivity index (χ4n) is 6.52. The Kier molecular flexibility index (Phi) is 7.35. The van der Waals surface area contributed by atoms with Crippen molar-refractivity contribution < 1.29 is 4.74 Å². The van der Waals surface area contributed by atoms with Gasteiger partial charge in [0, 0.05) is 49.9 Å². The number of nitrogens with one attached hydrogen (secondary N) is 1. The van der Waals surface area contributed by atoms with Gasteiger partial charge in [0.15, 0.2) is 5.82 Å². The second-order valence-corrected chi connectivity index (χ2v) is 10.9. The normalized spacial score (nSPS) is 23.1. The number of benzene rings is 1. The van der Waals surface area contributed by atoms with Gasteiger partial charge < -0.3 is 9.72 Å². The number of nitrogens with zero attached hydrogens (tertiary/aromatic N) is 6. The number of fused-ring (bicyclic) bond motifs is 1. The summed E-state index contributed by atoms with van der Waals surface area (Å²) in [5.74, 6) is 0.734. The highest BCUT2D eigenvalue weighted by Gasteiger charge is 2.35. The molecule has 0 amide bonds. The van der Waals surface area contributed by atoms with Gasteiger partial charge in [0.25, 0.3) is 5.56 Å². The topological polar surface area (TPSA) is 92.2 Å². The van der Waals surface area contributed by atoms with E-state index < -0.39 is 0 Å². The molecule has 37 heavy (non-hydrogen) atoms. The lowest BCUT2D eigenvalue weighted by atomic mass is 9.93. The first kappa shape index (κ1) is 24.7. The maximum atomic E-state index is 13.5. The van der Waals surface area contributed by atoms with E-state index in [-0.39, 0.29) is 17.7 Å². The molecule has 2 aromatic heterocycles. The number of tetrazole rings is 1. The molecular weight excluding hydrogens is 466 g/mol. The van der Waals surface area contributed by atoms with Crippen molar-refractivity contribution in [3.8, 4) is 0 Å². The molecule has 3 aliphatic rings. The second-order valence-electron chi connectivity index (χ2n) is 10.9. The number of pyridine rings is 1. The molecule has 0 unspecified atom stereocenters. The summed E-state index contributed by atoms with van der Waals surface area (Å²) in [7, 11) is 0. The van der Waals surface area contributed by atoms with Crippen LogP contribution in [0.3, 0.4) is 0 Å². The highest BCUT2D eigenvalue weighted by atomic mass is 16.5. The number of aryl methyl sites for hydroxylation is 1. The van der Waals surface area contributed by atoms with Gasteiger partial charge in [-0.25, -0.2) is 4.68 Å². The monoisotopic (exact) mass is 505 g/mol. The fraction of sp³-hybridized carbons (Fsp3) is 0.643. The summed E-state index contributed by atoms with van der Waals surface area (Å²) in [6.45, 7) is 7.37. The number of piperazine rings is 1. The van der Waals surface area contributed by atoms with Crippen molar-refractivity contribution in [1.82, 2.24) is 35.0 Å². The van der Waals surface area contributed by atoms with E-state index in [2.05, 4.69) is 55.4 Å². The summed E-state index contributed by atoms with van der Waals surface area (Å²) in [6, 6.07) is 8.75. The minimum Gasteiger partial charge on any atom is -0.376 e. The molecule has 3 fully saturated rings. The van der Waals surface area contributed by atoms with Crippen LogP contribution in [-0.2, 0) is 17.7 Å². The van der Waals surface area contributed by atoms with Crippen LogP contribution in [0.4, 0.5) is 0 Å². The van der Waals surface area contributed by atoms with Crippen LogP contribution in [0.2, 0.25) is 0 Å². The van der Waals surface area contributed by atoms with Gasteiger partial charge >= 0.3 is 0 Å². The maximum Gasteiger partial charge on any atom is 0.253 e. The predicted molar refractivity (Wildman–Crippen MR) is 143 cm³/mol. The molecule has 2 aliphatic heterocycles. The minimum absolute atomic E-state index is 0.0666. The highest BCUT2D eigenvalue weighted by molar-refractivity contribution is 5.80. The van der Waals surface area contributed by atoms with Crippen molar-refractivity contribution in [1.29, 1.82) is 0 Å². The minimum atomic E-state index is -0.302. The molecule has 1 aromatic carbocycles. The van der Waals surface area contributed by atoms with Gasteiger partial charge in [0.05, 0.1) is 12.6 Å². The zero-order valence-corrected chi connectivity index (χ0v) is 21.9. The Morgan fingerprint density at radius 3 is 2.65 bits per heavy atom. The van der Waals surface area contributed by atoms with Crippen molar-refractivity contribution >= 4 is 10.9 Å². The number of hydrogen-bond donors (Lipinski definition) is 1. The van der Waals surface area contributed by atoms with Crippen LogP contribution in [0.25, 0.3) is 10.9 Å². The summed E-state index contributed by atoms with van der Waals surface area (Å²) in [6.07, 6.45) is 9.84. The van der Waals surface area contributed by atoms with E-state index in [4.69, 9.17) is 4.74 Å². The van der Waals surface area contributed by atoms with Crippen LogP contribution >= 0.6 is 0 Å². The molecule has 4 heterocycles. The Hall–Kier alpha value is -2.62. The Labute approximate surface area is 218 Å². The largest absolute Gasteiger partial charge is 0.376 e. The zero-order valence-electron chi connectivity index (χ0n) is 21.9. The van der Waals surface area contributed by atoms with Crippen LogP contribution in [0.1, 0.15) is 74.9 Å². The number of aromatic amines is 1. The average molecular weight is 506 g/mol. The Bertz CT molecular complexity index is 1250. The predicted octanol–water partition coefficient (Wildman–Crippen LogP) is 3.30. The fourth-order valence-corrected chi connectivity index (χ4v) is 6.52. The van der Waals surface area contributed by atoms with Crippen LogP contribution in [0.5, 0.6) is 0 Å². The summed E-state index contributed by atoms with van der Waals surface area (Å²) < 4.78 is 7.77. The summed E-state index contributed by atoms with van der Waals surface area (Å²) in [5.41, 5.74) is 2.77. The number of aromatic nitrogens is 5. The van der Waals surface area contributed by atoms with Crippen molar-refractivity contribution in [2.24, 2.45) is 0 Å². The first-order valence-corrected chi connectivity index (χ1v) is 14.2. The van der Waals surface area contributed by atoms with Gasteiger partial charge in [-0.2, -0.15) is 0 Å². The van der Waals surface area contributed by atoms with Crippen LogP contribution in [-0.4, -0.2) is 79.9 Å². The lowest BCUT2D eigenvalue weighted by Gasteiger charge is -2.43. The van der Waals surface area contributed by atoms with E-state index in [1.165, 1.54) is 37.7 Å². The lowest BCUT2D eigenvalue weighted by molar-refractivity contribution is 0.0593. The van der Waals surface area contributed by atoms with Gasteiger partial charge in [0.1, 0.15) is 6.04 Å². The Morgan fingerprint density at radius 2 is 1.89 bits per heavy atom. The van der Waals surface area contributed by atoms with E-state index in [0.717, 1.165) is 74.3 Å². The number of rotatable bonds is 7. The SMILES string of the molecule is CCc1ccc2[nH]c(=O)c([C@@H](c3nnnn3C[C@H]3CCCO3)N3CCN(C4CCCCC4)CC3)cc2c1. The highest BCUT2D eigenvalue weighted by Crippen LogP contribution is 2.30. The summed E-state index contributed by atoms with van der Waals surface area (Å²) >= 11 is 0. The van der Waals surface area contributed by atoms with Crippen molar-refractivity contribution in [3.63, 3.8) is 0 Å². The van der Waals surface area contributed by atoms with Crippen molar-refractivity contribution in [2.75, 3.05) is 32.8 Å². The molecule has 9 heteroatoms. The third-order valence-electron chi connectivity index (χ3n) is 8.65. The van der Waals surface area contributed by atoms with Gasteiger partial charge in [-0.3, -0.25) is 14.6 Å². The molecule has 1 N–H and O–H groups in total. The van der Waals surface area contributed by atoms with E-state index in [1.54, 1.807) is 0 Å². The third kappa shape index (κ3) is 5.22. The second kappa shape index (κ2) is 11.0. The first-order chi connectivity index (χ1) is 18.2. The molecule has 2 atom stereocenters. The quantitative estimate of drug-likeness (QED) is 0.527. The molecule has 198 valence electrons. The lowest BCUT2D eigenvalue weighted by Crippen LogP contribution is -2.52. The van der Waals surface area contributed by atoms with Gasteiger partial charge in [0.2, 0.25) is 0 Å². The molecule has 1 aliphatic carbocycles. The van der Waals surface area contributed by atoms with E-state index in [9.17, 15) is 4.79 Å². The zero-order chi connectivity index (χ0) is 25.2. The first-order valence-electron chi connectivity index (χ1n) is 14.2. The van der Waals surface area contributed by atoms with Crippen LogP contribution in [0.15, 0.2) is 29.1 Å². The third-order valence-corrected chi connectivity index (χ3v) is 8.65. The summed E-state index contributed by atoms with van der Waals surface area (Å²) in [4.78, 5) is 21.8. The Morgan fingerprint density at radius 1 is 1.05 bits per heavy atom. The van der Waals surface area contributed by atoms with E-state index in [0.29, 0.717) is 12.6 Å². The van der Waals surface area contributed by atoms with Gasteiger partial charge in [-0.15, -0.1) is 5.10 Å². The number of hydrogen-bond acceptors (Lipinski definition) is 7. The van der Waals surface area contributed by atoms with Crippen molar-refractivity contribution in [3.05, 3.63) is 51.6 Å². The van der Waals surface area contributed by atoms with E-state index >= 15 is 0 Å². The molecule has 2 saturated heterocycles. The Balaban J connectivity index is 1.35. The van der Waals surface area contributed by atoms with Crippen LogP contribution in [0, 0.1) is 0 Å². The van der Waals surface area contributed by atoms with Crippen molar-refractivity contribution in [2.45, 2.75) is 83.0 Å². The molecule has 6 rings (SSSR count). The average Bonchev–Trinajstić information content (AvgIpc) is 3.63.